The van der Waals surface area contributed by atoms with E-state index in [9.17, 15) is 4.79 Å². The first-order valence-electron chi connectivity index (χ1n) is 7.68. The minimum atomic E-state index is -0.540. The maximum atomic E-state index is 11.4. The molecule has 2 aromatic heterocycles. The molecule has 0 fully saturated rings. The summed E-state index contributed by atoms with van der Waals surface area (Å²) < 4.78 is 1.85. The van der Waals surface area contributed by atoms with Gasteiger partial charge in [-0.1, -0.05) is 29.5 Å². The molecule has 4 aromatic rings. The van der Waals surface area contributed by atoms with Gasteiger partial charge in [0.05, 0.1) is 18.3 Å². The van der Waals surface area contributed by atoms with Crippen LogP contribution in [0.25, 0.3) is 11.0 Å². The number of carbonyl (C=O) groups excluding carboxylic acids is 1. The molecule has 1 amide bonds. The highest BCUT2D eigenvalue weighted by Crippen LogP contribution is 2.20. The Bertz CT molecular complexity index is 1050. The standard InChI is InChI=1S/C17H15N7O/c18-16(25)13-9-19-22-17(13)20-12-5-3-4-11(8-12)10-24-15-7-2-1-6-14(15)21-23-24/h1-9H,10H2,(H2,18,25)(H2,19,20,22). The minimum absolute atomic E-state index is 0.313. The van der Waals surface area contributed by atoms with Gasteiger partial charge in [0.25, 0.3) is 5.91 Å². The van der Waals surface area contributed by atoms with E-state index in [1.807, 2.05) is 53.2 Å². The van der Waals surface area contributed by atoms with E-state index < -0.39 is 5.91 Å². The Balaban J connectivity index is 1.59. The number of primary amides is 1. The third-order valence-electron chi connectivity index (χ3n) is 3.85. The Hall–Kier alpha value is -3.68. The smallest absolute Gasteiger partial charge is 0.254 e. The van der Waals surface area contributed by atoms with Crippen molar-refractivity contribution in [2.45, 2.75) is 6.54 Å². The zero-order valence-electron chi connectivity index (χ0n) is 13.2. The molecule has 8 heteroatoms. The summed E-state index contributed by atoms with van der Waals surface area (Å²) in [6.07, 6.45) is 1.40. The van der Waals surface area contributed by atoms with Crippen LogP contribution in [-0.2, 0) is 6.54 Å². The van der Waals surface area contributed by atoms with Crippen LogP contribution in [0.1, 0.15) is 15.9 Å². The number of fused-ring (bicyclic) bond motifs is 1. The number of anilines is 2. The van der Waals surface area contributed by atoms with E-state index in [1.165, 1.54) is 6.20 Å². The van der Waals surface area contributed by atoms with Gasteiger partial charge < -0.3 is 11.1 Å². The number of H-pyrrole nitrogens is 1. The highest BCUT2D eigenvalue weighted by Gasteiger charge is 2.11. The lowest BCUT2D eigenvalue weighted by molar-refractivity contribution is 0.100. The molecule has 2 aromatic carbocycles. The van der Waals surface area contributed by atoms with Crippen molar-refractivity contribution < 1.29 is 4.79 Å². The fourth-order valence-corrected chi connectivity index (χ4v) is 2.67. The minimum Gasteiger partial charge on any atom is -0.365 e. The maximum absolute atomic E-state index is 11.4. The number of nitrogens with zero attached hydrogens (tertiary/aromatic N) is 4. The van der Waals surface area contributed by atoms with Crippen molar-refractivity contribution in [3.63, 3.8) is 0 Å². The molecule has 0 aliphatic carbocycles. The quantitative estimate of drug-likeness (QED) is 0.517. The van der Waals surface area contributed by atoms with Gasteiger partial charge in [0.1, 0.15) is 16.9 Å². The molecular formula is C17H15N7O. The molecule has 0 radical (unpaired) electrons. The largest absolute Gasteiger partial charge is 0.365 e. The molecule has 124 valence electrons. The number of aromatic amines is 1. The predicted octanol–water partition coefficient (Wildman–Crippen LogP) is 2.05. The van der Waals surface area contributed by atoms with E-state index in [2.05, 4.69) is 25.8 Å². The summed E-state index contributed by atoms with van der Waals surface area (Å²) >= 11 is 0. The summed E-state index contributed by atoms with van der Waals surface area (Å²) in [5, 5.41) is 18.1. The molecule has 2 heterocycles. The zero-order chi connectivity index (χ0) is 17.2. The highest BCUT2D eigenvalue weighted by atomic mass is 16.1. The molecule has 0 bridgehead atoms. The SMILES string of the molecule is NC(=O)c1cn[nH]c1Nc1cccc(Cn2nnc3ccccc32)c1. The topological polar surface area (TPSA) is 115 Å². The third kappa shape index (κ3) is 2.92. The maximum Gasteiger partial charge on any atom is 0.254 e. The summed E-state index contributed by atoms with van der Waals surface area (Å²) in [6, 6.07) is 15.6. The summed E-state index contributed by atoms with van der Waals surface area (Å²) in [7, 11) is 0. The van der Waals surface area contributed by atoms with Crippen LogP contribution in [0.3, 0.4) is 0 Å². The van der Waals surface area contributed by atoms with Crippen molar-refractivity contribution in [3.8, 4) is 0 Å². The van der Waals surface area contributed by atoms with Gasteiger partial charge in [-0.25, -0.2) is 4.68 Å². The molecule has 0 spiro atoms. The average Bonchev–Trinajstić information content (AvgIpc) is 3.23. The van der Waals surface area contributed by atoms with Crippen LogP contribution in [0.2, 0.25) is 0 Å². The first-order chi connectivity index (χ1) is 12.2. The van der Waals surface area contributed by atoms with E-state index >= 15 is 0 Å². The van der Waals surface area contributed by atoms with E-state index in [-0.39, 0.29) is 0 Å². The van der Waals surface area contributed by atoms with Crippen LogP contribution >= 0.6 is 0 Å². The Morgan fingerprint density at radius 3 is 2.96 bits per heavy atom. The number of aromatic nitrogens is 5. The van der Waals surface area contributed by atoms with Gasteiger partial charge in [-0.2, -0.15) is 5.10 Å². The Morgan fingerprint density at radius 2 is 2.08 bits per heavy atom. The highest BCUT2D eigenvalue weighted by molar-refractivity contribution is 5.98. The normalized spacial score (nSPS) is 10.9. The number of carbonyl (C=O) groups is 1. The fraction of sp³-hybridized carbons (Fsp3) is 0.0588. The molecule has 0 atom stereocenters. The van der Waals surface area contributed by atoms with E-state index in [0.717, 1.165) is 22.3 Å². The molecule has 0 saturated heterocycles. The lowest BCUT2D eigenvalue weighted by Crippen LogP contribution is -2.12. The second kappa shape index (κ2) is 6.08. The molecule has 0 saturated carbocycles. The molecule has 8 nitrogen and oxygen atoms in total. The predicted molar refractivity (Wildman–Crippen MR) is 93.5 cm³/mol. The molecule has 0 unspecified atom stereocenters. The van der Waals surface area contributed by atoms with Crippen LogP contribution in [0.4, 0.5) is 11.5 Å². The van der Waals surface area contributed by atoms with Crippen LogP contribution in [0, 0.1) is 0 Å². The summed E-state index contributed by atoms with van der Waals surface area (Å²) in [5.41, 5.74) is 9.34. The number of hydrogen-bond donors (Lipinski definition) is 3. The number of benzene rings is 2. The van der Waals surface area contributed by atoms with Crippen molar-refractivity contribution in [1.82, 2.24) is 25.2 Å². The van der Waals surface area contributed by atoms with Crippen molar-refractivity contribution in [2.24, 2.45) is 5.73 Å². The monoisotopic (exact) mass is 333 g/mol. The molecule has 4 rings (SSSR count). The van der Waals surface area contributed by atoms with Gasteiger partial charge in [-0.15, -0.1) is 5.10 Å². The van der Waals surface area contributed by atoms with Crippen LogP contribution in [0.5, 0.6) is 0 Å². The van der Waals surface area contributed by atoms with Gasteiger partial charge in [0.2, 0.25) is 0 Å². The van der Waals surface area contributed by atoms with E-state index in [4.69, 9.17) is 5.73 Å². The van der Waals surface area contributed by atoms with Gasteiger partial charge in [-0.3, -0.25) is 9.89 Å². The van der Waals surface area contributed by atoms with Crippen LogP contribution in [-0.4, -0.2) is 31.1 Å². The van der Waals surface area contributed by atoms with E-state index in [0.29, 0.717) is 17.9 Å². The molecular weight excluding hydrogens is 318 g/mol. The number of amides is 1. The van der Waals surface area contributed by atoms with Crippen LogP contribution < -0.4 is 11.1 Å². The van der Waals surface area contributed by atoms with Crippen LogP contribution in [0.15, 0.2) is 54.7 Å². The van der Waals surface area contributed by atoms with Gasteiger partial charge in [-0.05, 0) is 29.8 Å². The van der Waals surface area contributed by atoms with Gasteiger partial charge in [0.15, 0.2) is 0 Å². The van der Waals surface area contributed by atoms with Crippen molar-refractivity contribution >= 4 is 28.4 Å². The second-order valence-electron chi connectivity index (χ2n) is 5.58. The third-order valence-corrected chi connectivity index (χ3v) is 3.85. The van der Waals surface area contributed by atoms with E-state index in [1.54, 1.807) is 0 Å². The number of para-hydroxylation sites is 1. The number of rotatable bonds is 5. The number of nitrogens with two attached hydrogens (primary N) is 1. The lowest BCUT2D eigenvalue weighted by Gasteiger charge is -2.08. The van der Waals surface area contributed by atoms with Gasteiger partial charge >= 0.3 is 0 Å². The number of hydrogen-bond acceptors (Lipinski definition) is 5. The van der Waals surface area contributed by atoms with Gasteiger partial charge in [0, 0.05) is 5.69 Å². The van der Waals surface area contributed by atoms with Crippen molar-refractivity contribution in [1.29, 1.82) is 0 Å². The molecule has 25 heavy (non-hydrogen) atoms. The Labute approximate surface area is 142 Å². The zero-order valence-corrected chi connectivity index (χ0v) is 13.2. The van der Waals surface area contributed by atoms with Crippen molar-refractivity contribution in [2.75, 3.05) is 5.32 Å². The van der Waals surface area contributed by atoms with Crippen molar-refractivity contribution in [3.05, 3.63) is 65.9 Å². The number of nitrogens with one attached hydrogen (secondary N) is 2. The Kier molecular flexibility index (Phi) is 3.62. The first kappa shape index (κ1) is 14.9. The lowest BCUT2D eigenvalue weighted by atomic mass is 10.2. The molecule has 0 aliphatic heterocycles. The molecule has 4 N–H and O–H groups in total. The Morgan fingerprint density at radius 1 is 1.20 bits per heavy atom. The molecule has 0 aliphatic rings. The fourth-order valence-electron chi connectivity index (χ4n) is 2.67. The summed E-state index contributed by atoms with van der Waals surface area (Å²) in [4.78, 5) is 11.4. The first-order valence-corrected chi connectivity index (χ1v) is 7.68. The average molecular weight is 333 g/mol. The summed E-state index contributed by atoms with van der Waals surface area (Å²) in [5.74, 6) is -0.0719. The summed E-state index contributed by atoms with van der Waals surface area (Å²) in [6.45, 7) is 0.585. The second-order valence-corrected chi connectivity index (χ2v) is 5.58.